The first-order chi connectivity index (χ1) is 10.0. The smallest absolute Gasteiger partial charge is 0.107 e. The molecule has 0 spiro atoms. The van der Waals surface area contributed by atoms with Gasteiger partial charge in [-0.2, -0.15) is 0 Å². The van der Waals surface area contributed by atoms with Gasteiger partial charge in [0.15, 0.2) is 0 Å². The van der Waals surface area contributed by atoms with Gasteiger partial charge >= 0.3 is 0 Å². The van der Waals surface area contributed by atoms with Crippen molar-refractivity contribution in [3.8, 4) is 0 Å². The fraction of sp³-hybridized carbons (Fsp3) is 0.812. The van der Waals surface area contributed by atoms with Crippen LogP contribution in [0, 0.1) is 5.92 Å². The van der Waals surface area contributed by atoms with Crippen molar-refractivity contribution in [1.82, 2.24) is 20.1 Å². The molecule has 0 unspecified atom stereocenters. The van der Waals surface area contributed by atoms with Gasteiger partial charge in [-0.15, -0.1) is 11.3 Å². The van der Waals surface area contributed by atoms with Crippen LogP contribution in [0.4, 0.5) is 0 Å². The largest absolute Gasteiger partial charge is 0.310 e. The number of hydrogen-bond donors (Lipinski definition) is 1. The third-order valence-corrected chi connectivity index (χ3v) is 5.00. The van der Waals surface area contributed by atoms with E-state index in [0.29, 0.717) is 5.92 Å². The zero-order valence-corrected chi connectivity index (χ0v) is 14.7. The summed E-state index contributed by atoms with van der Waals surface area (Å²) in [5, 5.41) is 6.91. The Balaban J connectivity index is 1.73. The number of thiazole rings is 1. The Morgan fingerprint density at radius 1 is 1.38 bits per heavy atom. The fourth-order valence-electron chi connectivity index (χ4n) is 2.79. The summed E-state index contributed by atoms with van der Waals surface area (Å²) in [6, 6.07) is 0.757. The lowest BCUT2D eigenvalue weighted by molar-refractivity contribution is 0.139. The van der Waals surface area contributed by atoms with E-state index in [-0.39, 0.29) is 0 Å². The molecule has 0 aromatic carbocycles. The first kappa shape index (κ1) is 16.9. The van der Waals surface area contributed by atoms with Crippen LogP contribution in [0.15, 0.2) is 5.38 Å². The first-order valence-corrected chi connectivity index (χ1v) is 8.95. The standard InChI is InChI=1S/C16H30N4S/c1-13(2)9-17-10-16-18-14(12-21-16)11-20-7-5-15(6-8-20)19(3)4/h12-13,15,17H,5-11H2,1-4H3. The maximum Gasteiger partial charge on any atom is 0.107 e. The van der Waals surface area contributed by atoms with Crippen LogP contribution in [-0.4, -0.2) is 54.6 Å². The molecule has 0 aliphatic carbocycles. The van der Waals surface area contributed by atoms with Gasteiger partial charge in [-0.3, -0.25) is 4.90 Å². The number of nitrogens with one attached hydrogen (secondary N) is 1. The molecule has 0 saturated carbocycles. The van der Waals surface area contributed by atoms with Crippen molar-refractivity contribution in [1.29, 1.82) is 0 Å². The van der Waals surface area contributed by atoms with Gasteiger partial charge in [0.25, 0.3) is 0 Å². The van der Waals surface area contributed by atoms with Crippen LogP contribution in [0.5, 0.6) is 0 Å². The molecule has 1 aromatic heterocycles. The van der Waals surface area contributed by atoms with E-state index in [9.17, 15) is 0 Å². The van der Waals surface area contributed by atoms with E-state index in [0.717, 1.165) is 25.7 Å². The van der Waals surface area contributed by atoms with Gasteiger partial charge in [0.1, 0.15) is 5.01 Å². The molecule has 1 aliphatic rings. The summed E-state index contributed by atoms with van der Waals surface area (Å²) in [6.07, 6.45) is 2.56. The Hall–Kier alpha value is -0.490. The monoisotopic (exact) mass is 310 g/mol. The fourth-order valence-corrected chi connectivity index (χ4v) is 3.55. The minimum Gasteiger partial charge on any atom is -0.310 e. The van der Waals surface area contributed by atoms with Gasteiger partial charge in [-0.25, -0.2) is 4.98 Å². The zero-order valence-electron chi connectivity index (χ0n) is 13.9. The first-order valence-electron chi connectivity index (χ1n) is 8.07. The van der Waals surface area contributed by atoms with Gasteiger partial charge in [0.2, 0.25) is 0 Å². The van der Waals surface area contributed by atoms with Crippen molar-refractivity contribution in [2.75, 3.05) is 33.7 Å². The molecule has 2 heterocycles. The van der Waals surface area contributed by atoms with Crippen molar-refractivity contribution in [2.24, 2.45) is 5.92 Å². The Bertz CT molecular complexity index is 408. The minimum absolute atomic E-state index is 0.697. The molecule has 120 valence electrons. The maximum atomic E-state index is 4.76. The molecule has 1 saturated heterocycles. The lowest BCUT2D eigenvalue weighted by atomic mass is 10.0. The molecule has 21 heavy (non-hydrogen) atoms. The number of piperidine rings is 1. The molecule has 1 aromatic rings. The van der Waals surface area contributed by atoms with Gasteiger partial charge in [0, 0.05) is 37.6 Å². The Kier molecular flexibility index (Phi) is 6.61. The normalized spacial score (nSPS) is 18.0. The summed E-state index contributed by atoms with van der Waals surface area (Å²) in [5.41, 5.74) is 1.24. The van der Waals surface area contributed by atoms with Crippen LogP contribution < -0.4 is 5.32 Å². The average Bonchev–Trinajstić information content (AvgIpc) is 2.86. The van der Waals surface area contributed by atoms with E-state index in [4.69, 9.17) is 4.98 Å². The van der Waals surface area contributed by atoms with Crippen molar-refractivity contribution in [3.05, 3.63) is 16.1 Å². The average molecular weight is 311 g/mol. The topological polar surface area (TPSA) is 31.4 Å². The molecule has 5 heteroatoms. The molecule has 0 radical (unpaired) electrons. The molecule has 0 amide bonds. The van der Waals surface area contributed by atoms with Crippen LogP contribution >= 0.6 is 11.3 Å². The zero-order chi connectivity index (χ0) is 15.2. The van der Waals surface area contributed by atoms with Crippen LogP contribution in [0.1, 0.15) is 37.4 Å². The molecule has 2 rings (SSSR count). The van der Waals surface area contributed by atoms with Crippen molar-refractivity contribution in [3.63, 3.8) is 0 Å². The highest BCUT2D eigenvalue weighted by Crippen LogP contribution is 2.18. The molecule has 1 N–H and O–H groups in total. The third-order valence-electron chi connectivity index (χ3n) is 4.10. The lowest BCUT2D eigenvalue weighted by Gasteiger charge is -2.34. The second-order valence-corrected chi connectivity index (χ2v) is 7.67. The maximum absolute atomic E-state index is 4.76. The Labute approximate surface area is 133 Å². The third kappa shape index (κ3) is 5.66. The SMILES string of the molecule is CC(C)CNCc1nc(CN2CCC(N(C)C)CC2)cs1. The summed E-state index contributed by atoms with van der Waals surface area (Å²) in [6.45, 7) is 9.84. The summed E-state index contributed by atoms with van der Waals surface area (Å²) in [4.78, 5) is 9.66. The highest BCUT2D eigenvalue weighted by Gasteiger charge is 2.20. The number of likely N-dealkylation sites (tertiary alicyclic amines) is 1. The highest BCUT2D eigenvalue weighted by atomic mass is 32.1. The predicted molar refractivity (Wildman–Crippen MR) is 90.6 cm³/mol. The van der Waals surface area contributed by atoms with Crippen molar-refractivity contribution >= 4 is 11.3 Å². The summed E-state index contributed by atoms with van der Waals surface area (Å²) in [7, 11) is 4.38. The lowest BCUT2D eigenvalue weighted by Crippen LogP contribution is -2.41. The van der Waals surface area contributed by atoms with Gasteiger partial charge < -0.3 is 10.2 Å². The molecule has 0 bridgehead atoms. The van der Waals surface area contributed by atoms with E-state index in [2.05, 4.69) is 48.4 Å². The Morgan fingerprint density at radius 3 is 2.71 bits per heavy atom. The molecular formula is C16H30N4S. The van der Waals surface area contributed by atoms with Crippen molar-refractivity contribution < 1.29 is 0 Å². The molecule has 0 atom stereocenters. The second kappa shape index (κ2) is 8.22. The quantitative estimate of drug-likeness (QED) is 0.838. The van der Waals surface area contributed by atoms with Gasteiger partial charge in [-0.05, 0) is 39.4 Å². The highest BCUT2D eigenvalue weighted by molar-refractivity contribution is 7.09. The van der Waals surface area contributed by atoms with Gasteiger partial charge in [0.05, 0.1) is 5.69 Å². The predicted octanol–water partition coefficient (Wildman–Crippen LogP) is 2.41. The van der Waals surface area contributed by atoms with E-state index in [1.807, 2.05) is 0 Å². The minimum atomic E-state index is 0.697. The number of rotatable bonds is 7. The molecule has 1 aliphatic heterocycles. The van der Waals surface area contributed by atoms with Crippen LogP contribution in [0.25, 0.3) is 0 Å². The molecular weight excluding hydrogens is 280 g/mol. The molecule has 1 fully saturated rings. The number of aromatic nitrogens is 1. The van der Waals surface area contributed by atoms with Crippen molar-refractivity contribution in [2.45, 2.75) is 45.8 Å². The number of hydrogen-bond acceptors (Lipinski definition) is 5. The molecule has 4 nitrogen and oxygen atoms in total. The van der Waals surface area contributed by atoms with E-state index >= 15 is 0 Å². The van der Waals surface area contributed by atoms with E-state index in [1.54, 1.807) is 11.3 Å². The Morgan fingerprint density at radius 2 is 2.10 bits per heavy atom. The second-order valence-electron chi connectivity index (χ2n) is 6.73. The van der Waals surface area contributed by atoms with Gasteiger partial charge in [-0.1, -0.05) is 13.8 Å². The summed E-state index contributed by atoms with van der Waals surface area (Å²) >= 11 is 1.79. The summed E-state index contributed by atoms with van der Waals surface area (Å²) in [5.74, 6) is 0.697. The van der Waals surface area contributed by atoms with E-state index < -0.39 is 0 Å². The van der Waals surface area contributed by atoms with E-state index in [1.165, 1.54) is 36.6 Å². The summed E-state index contributed by atoms with van der Waals surface area (Å²) < 4.78 is 0. The van der Waals surface area contributed by atoms with Crippen LogP contribution in [-0.2, 0) is 13.1 Å². The number of nitrogens with zero attached hydrogens (tertiary/aromatic N) is 3. The van der Waals surface area contributed by atoms with Crippen LogP contribution in [0.3, 0.4) is 0 Å². The van der Waals surface area contributed by atoms with Crippen LogP contribution in [0.2, 0.25) is 0 Å².